The van der Waals surface area contributed by atoms with Crippen LogP contribution in [0.3, 0.4) is 0 Å². The summed E-state index contributed by atoms with van der Waals surface area (Å²) in [6.45, 7) is 7.33. The van der Waals surface area contributed by atoms with E-state index in [0.29, 0.717) is 0 Å². The summed E-state index contributed by atoms with van der Waals surface area (Å²) in [5.74, 6) is -6.26. The Hall–Kier alpha value is -5.01. The van der Waals surface area contributed by atoms with E-state index in [9.17, 15) is 44.4 Å². The number of ether oxygens (including phenoxy) is 5. The van der Waals surface area contributed by atoms with Crippen LogP contribution in [0.25, 0.3) is 0 Å². The van der Waals surface area contributed by atoms with Crippen LogP contribution in [0.15, 0.2) is 24.3 Å². The van der Waals surface area contributed by atoms with E-state index in [-0.39, 0.29) is 59.4 Å². The summed E-state index contributed by atoms with van der Waals surface area (Å²) < 4.78 is 26.7. The first-order valence-corrected chi connectivity index (χ1v) is 14.6. The van der Waals surface area contributed by atoms with Crippen LogP contribution in [0, 0.1) is 0 Å². The Morgan fingerprint density at radius 2 is 0.739 bits per heavy atom. The molecule has 14 nitrogen and oxygen atoms in total. The van der Waals surface area contributed by atoms with Gasteiger partial charge in [0.15, 0.2) is 0 Å². The summed E-state index contributed by atoms with van der Waals surface area (Å²) in [5, 5.41) is 41.0. The maximum Gasteiger partial charge on any atom is 0.342 e. The Balaban J connectivity index is 1.90. The van der Waals surface area contributed by atoms with Crippen LogP contribution in [0.1, 0.15) is 85.7 Å². The number of cyclic esters (lactones) is 5. The summed E-state index contributed by atoms with van der Waals surface area (Å²) >= 11 is 0. The predicted octanol–water partition coefficient (Wildman–Crippen LogP) is 3.36. The highest BCUT2D eigenvalue weighted by Gasteiger charge is 2.28. The van der Waals surface area contributed by atoms with Crippen molar-refractivity contribution >= 4 is 29.8 Å². The number of rotatable bonds is 0. The smallest absolute Gasteiger partial charge is 0.342 e. The van der Waals surface area contributed by atoms with Gasteiger partial charge in [-0.05, 0) is 57.9 Å². The number of esters is 5. The van der Waals surface area contributed by atoms with Crippen LogP contribution in [-0.2, 0) is 50.9 Å². The lowest BCUT2D eigenvalue weighted by atomic mass is 10.00. The molecule has 0 aliphatic carbocycles. The van der Waals surface area contributed by atoms with Gasteiger partial charge in [-0.1, -0.05) is 0 Å². The van der Waals surface area contributed by atoms with E-state index in [0.717, 1.165) is 12.1 Å². The molecule has 1 aliphatic rings. The number of aromatic hydroxyl groups is 4. The van der Waals surface area contributed by atoms with Crippen LogP contribution in [-0.4, -0.2) is 80.8 Å². The topological polar surface area (TPSA) is 212 Å². The minimum Gasteiger partial charge on any atom is -0.508 e. The van der Waals surface area contributed by atoms with Crippen molar-refractivity contribution in [3.8, 4) is 23.0 Å². The van der Waals surface area contributed by atoms with Gasteiger partial charge in [0.2, 0.25) is 0 Å². The minimum absolute atomic E-state index is 0.0863. The summed E-state index contributed by atoms with van der Waals surface area (Å²) in [4.78, 5) is 63.8. The monoisotopic (exact) mass is 646 g/mol. The second-order valence-electron chi connectivity index (χ2n) is 11.4. The minimum atomic E-state index is -1.03. The molecule has 0 aromatic heterocycles. The van der Waals surface area contributed by atoms with E-state index < -0.39 is 78.3 Å². The van der Waals surface area contributed by atoms with Crippen molar-refractivity contribution in [2.45, 2.75) is 97.2 Å². The molecule has 14 heteroatoms. The standard InChI is InChI=1S/C32H38O14/c1-15-6-20-11-22(33)13-24(35)29(20)31(40)45-18(4)9-27(38)43-16(2)7-21-12-23(34)14-25(36)30(21)32(41)46-19(5)10-28(39)44-17(3)8-26(37)42-15/h11-19,33-36H,6-10H2,1-5H3/t15?,16-,17+,18-,19-/m1/s1. The van der Waals surface area contributed by atoms with Gasteiger partial charge in [-0.15, -0.1) is 0 Å². The van der Waals surface area contributed by atoms with Crippen molar-refractivity contribution in [2.24, 2.45) is 0 Å². The third kappa shape index (κ3) is 10.0. The Labute approximate surface area is 264 Å². The third-order valence-electron chi connectivity index (χ3n) is 6.77. The van der Waals surface area contributed by atoms with Crippen LogP contribution >= 0.6 is 0 Å². The van der Waals surface area contributed by atoms with E-state index in [1.807, 2.05) is 0 Å². The first-order chi connectivity index (χ1) is 21.5. The number of hydrogen-bond donors (Lipinski definition) is 4. The quantitative estimate of drug-likeness (QED) is 0.239. The first-order valence-electron chi connectivity index (χ1n) is 14.6. The van der Waals surface area contributed by atoms with Crippen LogP contribution in [0.4, 0.5) is 0 Å². The zero-order valence-corrected chi connectivity index (χ0v) is 26.1. The highest BCUT2D eigenvalue weighted by Crippen LogP contribution is 2.31. The zero-order valence-electron chi connectivity index (χ0n) is 26.1. The SMILES string of the molecule is CC1Cc2cc(O)cc(O)c2C(=O)O[C@H](C)CC(=O)O[C@H](C)Cc2cc(O)cc(O)c2C(=O)O[C@H](C)CC(=O)O[C@@H](C)CC(=O)O1. The lowest BCUT2D eigenvalue weighted by molar-refractivity contribution is -0.157. The van der Waals surface area contributed by atoms with Crippen molar-refractivity contribution in [1.82, 2.24) is 0 Å². The van der Waals surface area contributed by atoms with Crippen LogP contribution < -0.4 is 0 Å². The first kappa shape index (κ1) is 35.5. The van der Waals surface area contributed by atoms with Gasteiger partial charge in [0.25, 0.3) is 0 Å². The molecule has 1 heterocycles. The maximum atomic E-state index is 13.1. The molecule has 46 heavy (non-hydrogen) atoms. The Morgan fingerprint density at radius 1 is 0.457 bits per heavy atom. The predicted molar refractivity (Wildman–Crippen MR) is 157 cm³/mol. The van der Waals surface area contributed by atoms with Crippen molar-refractivity contribution < 1.29 is 68.1 Å². The van der Waals surface area contributed by atoms with Crippen molar-refractivity contribution in [1.29, 1.82) is 0 Å². The molecular formula is C32H38O14. The average Bonchev–Trinajstić information content (AvgIpc) is 2.86. The molecule has 5 atom stereocenters. The number of hydrogen-bond acceptors (Lipinski definition) is 14. The van der Waals surface area contributed by atoms with Gasteiger partial charge in [-0.3, -0.25) is 14.4 Å². The fourth-order valence-electron chi connectivity index (χ4n) is 4.96. The van der Waals surface area contributed by atoms with E-state index in [1.54, 1.807) is 0 Å². The van der Waals surface area contributed by atoms with Gasteiger partial charge in [0.1, 0.15) is 64.6 Å². The number of carbonyl (C=O) groups is 5. The van der Waals surface area contributed by atoms with Crippen LogP contribution in [0.2, 0.25) is 0 Å². The number of carbonyl (C=O) groups excluding carboxylic acids is 5. The van der Waals surface area contributed by atoms with Crippen LogP contribution in [0.5, 0.6) is 23.0 Å². The molecule has 0 radical (unpaired) electrons. The molecule has 3 rings (SSSR count). The Bertz CT molecular complexity index is 1480. The fraction of sp³-hybridized carbons (Fsp3) is 0.469. The zero-order chi connectivity index (χ0) is 34.3. The molecule has 4 N–H and O–H groups in total. The van der Waals surface area contributed by atoms with Gasteiger partial charge >= 0.3 is 29.8 Å². The van der Waals surface area contributed by atoms with E-state index in [2.05, 4.69) is 0 Å². The Morgan fingerprint density at radius 3 is 1.07 bits per heavy atom. The molecule has 0 spiro atoms. The number of phenolic OH excluding ortho intramolecular Hbond substituents is 4. The Kier molecular flexibility index (Phi) is 11.8. The summed E-state index contributed by atoms with van der Waals surface area (Å²) in [6.07, 6.45) is -6.09. The van der Waals surface area contributed by atoms with Gasteiger partial charge in [0, 0.05) is 25.0 Å². The van der Waals surface area contributed by atoms with Gasteiger partial charge < -0.3 is 44.1 Å². The highest BCUT2D eigenvalue weighted by molar-refractivity contribution is 5.95. The number of phenols is 4. The molecule has 250 valence electrons. The van der Waals surface area contributed by atoms with E-state index in [1.165, 1.54) is 46.8 Å². The molecular weight excluding hydrogens is 608 g/mol. The summed E-state index contributed by atoms with van der Waals surface area (Å²) in [5.41, 5.74) is -0.423. The molecule has 0 bridgehead atoms. The molecule has 0 fully saturated rings. The van der Waals surface area contributed by atoms with Gasteiger partial charge in [-0.25, -0.2) is 9.59 Å². The molecule has 2 aromatic carbocycles. The highest BCUT2D eigenvalue weighted by atomic mass is 16.6. The lowest BCUT2D eigenvalue weighted by Crippen LogP contribution is -2.27. The van der Waals surface area contributed by atoms with E-state index >= 15 is 0 Å². The maximum absolute atomic E-state index is 13.1. The molecule has 0 amide bonds. The van der Waals surface area contributed by atoms with E-state index in [4.69, 9.17) is 23.7 Å². The molecule has 0 saturated heterocycles. The number of benzene rings is 2. The second-order valence-corrected chi connectivity index (χ2v) is 11.4. The summed E-state index contributed by atoms with van der Waals surface area (Å²) in [7, 11) is 0. The fourth-order valence-corrected chi connectivity index (χ4v) is 4.96. The molecule has 2 aromatic rings. The lowest BCUT2D eigenvalue weighted by Gasteiger charge is -2.21. The average molecular weight is 647 g/mol. The number of fused-ring (bicyclic) bond motifs is 2. The normalized spacial score (nSPS) is 24.5. The molecule has 1 aliphatic heterocycles. The van der Waals surface area contributed by atoms with Gasteiger partial charge in [0.05, 0.1) is 19.3 Å². The van der Waals surface area contributed by atoms with Crippen molar-refractivity contribution in [3.63, 3.8) is 0 Å². The van der Waals surface area contributed by atoms with Crippen molar-refractivity contribution in [3.05, 3.63) is 46.5 Å². The molecule has 0 saturated carbocycles. The largest absolute Gasteiger partial charge is 0.508 e. The summed E-state index contributed by atoms with van der Waals surface area (Å²) in [6, 6.07) is 4.26. The second kappa shape index (κ2) is 15.3. The van der Waals surface area contributed by atoms with Crippen molar-refractivity contribution in [2.75, 3.05) is 0 Å². The molecule has 1 unspecified atom stereocenters. The van der Waals surface area contributed by atoms with Gasteiger partial charge in [-0.2, -0.15) is 0 Å². The third-order valence-corrected chi connectivity index (χ3v) is 6.77.